The van der Waals surface area contributed by atoms with Gasteiger partial charge in [-0.15, -0.1) is 0 Å². The number of carbonyl (C=O) groups is 1. The van der Waals surface area contributed by atoms with Crippen LogP contribution in [0.25, 0.3) is 16.8 Å². The molecule has 0 aliphatic heterocycles. The van der Waals surface area contributed by atoms with Gasteiger partial charge in [0.15, 0.2) is 5.69 Å². The van der Waals surface area contributed by atoms with Gasteiger partial charge in [-0.2, -0.15) is 0 Å². The predicted octanol–water partition coefficient (Wildman–Crippen LogP) is 2.40. The second kappa shape index (κ2) is 4.20. The molecule has 2 aromatic heterocycles. The molecule has 0 atom stereocenters. The lowest BCUT2D eigenvalue weighted by Crippen LogP contribution is -1.95. The van der Waals surface area contributed by atoms with Crippen LogP contribution >= 0.6 is 0 Å². The molecule has 2 heterocycles. The van der Waals surface area contributed by atoms with E-state index in [1.807, 2.05) is 31.2 Å². The fraction of sp³-hybridized carbons (Fsp3) is 0.0714. The number of hydrogen-bond donors (Lipinski definition) is 1. The van der Waals surface area contributed by atoms with E-state index in [0.29, 0.717) is 5.65 Å². The maximum atomic E-state index is 11.0. The first-order valence-electron chi connectivity index (χ1n) is 5.78. The highest BCUT2D eigenvalue weighted by molar-refractivity contribution is 5.88. The third kappa shape index (κ3) is 1.95. The standard InChI is InChI=1S/C14H11N3O2/c1-9-2-4-10(5-3-9)11-6-15-8-17-7-12(14(18)19)16-13(11)17/h2-8H,1H3,(H,18,19). The number of rotatable bonds is 2. The SMILES string of the molecule is Cc1ccc(-c2cncn3cc(C(=O)O)nc23)cc1. The molecule has 1 N–H and O–H groups in total. The molecule has 0 aliphatic rings. The third-order valence-corrected chi connectivity index (χ3v) is 2.95. The average Bonchev–Trinajstić information content (AvgIpc) is 2.83. The summed E-state index contributed by atoms with van der Waals surface area (Å²) in [4.78, 5) is 19.2. The van der Waals surface area contributed by atoms with Gasteiger partial charge >= 0.3 is 5.97 Å². The maximum absolute atomic E-state index is 11.0. The molecule has 3 aromatic rings. The van der Waals surface area contributed by atoms with Crippen molar-refractivity contribution >= 4 is 11.6 Å². The lowest BCUT2D eigenvalue weighted by molar-refractivity contribution is 0.0691. The van der Waals surface area contributed by atoms with E-state index >= 15 is 0 Å². The summed E-state index contributed by atoms with van der Waals surface area (Å²) in [5.41, 5.74) is 3.55. The van der Waals surface area contributed by atoms with Crippen LogP contribution in [-0.2, 0) is 0 Å². The number of aromatic nitrogens is 3. The van der Waals surface area contributed by atoms with Crippen molar-refractivity contribution in [1.29, 1.82) is 0 Å². The van der Waals surface area contributed by atoms with Crippen LogP contribution in [0.4, 0.5) is 0 Å². The second-order valence-corrected chi connectivity index (χ2v) is 4.34. The Kier molecular flexibility index (Phi) is 2.52. The summed E-state index contributed by atoms with van der Waals surface area (Å²) in [5.74, 6) is -1.04. The van der Waals surface area contributed by atoms with Crippen molar-refractivity contribution < 1.29 is 9.90 Å². The molecule has 0 unspecified atom stereocenters. The molecular weight excluding hydrogens is 242 g/mol. The second-order valence-electron chi connectivity index (χ2n) is 4.34. The number of aryl methyl sites for hydroxylation is 1. The van der Waals surface area contributed by atoms with Crippen LogP contribution in [0.2, 0.25) is 0 Å². The Morgan fingerprint density at radius 1 is 1.26 bits per heavy atom. The number of carboxylic acid groups (broad SMARTS) is 1. The summed E-state index contributed by atoms with van der Waals surface area (Å²) in [5, 5.41) is 8.99. The van der Waals surface area contributed by atoms with Crippen LogP contribution in [0.1, 0.15) is 16.1 Å². The molecule has 0 fully saturated rings. The first kappa shape index (κ1) is 11.4. The molecule has 0 spiro atoms. The van der Waals surface area contributed by atoms with Gasteiger partial charge in [0, 0.05) is 18.0 Å². The fourth-order valence-corrected chi connectivity index (χ4v) is 1.96. The summed E-state index contributed by atoms with van der Waals surface area (Å²) >= 11 is 0. The monoisotopic (exact) mass is 253 g/mol. The van der Waals surface area contributed by atoms with E-state index in [4.69, 9.17) is 5.11 Å². The minimum atomic E-state index is -1.04. The van der Waals surface area contributed by atoms with E-state index in [9.17, 15) is 4.79 Å². The van der Waals surface area contributed by atoms with Gasteiger partial charge < -0.3 is 5.11 Å². The highest BCUT2D eigenvalue weighted by atomic mass is 16.4. The average molecular weight is 253 g/mol. The minimum absolute atomic E-state index is 0.0151. The lowest BCUT2D eigenvalue weighted by Gasteiger charge is -2.03. The van der Waals surface area contributed by atoms with Gasteiger partial charge in [0.1, 0.15) is 12.0 Å². The number of hydrogen-bond acceptors (Lipinski definition) is 3. The van der Waals surface area contributed by atoms with Crippen LogP contribution < -0.4 is 0 Å². The molecule has 0 bridgehead atoms. The van der Waals surface area contributed by atoms with Crippen molar-refractivity contribution in [1.82, 2.24) is 14.4 Å². The molecular formula is C14H11N3O2. The molecule has 0 aliphatic carbocycles. The normalized spacial score (nSPS) is 10.8. The number of imidazole rings is 1. The van der Waals surface area contributed by atoms with E-state index in [-0.39, 0.29) is 5.69 Å². The number of carboxylic acids is 1. The first-order chi connectivity index (χ1) is 9.15. The lowest BCUT2D eigenvalue weighted by atomic mass is 10.1. The number of fused-ring (bicyclic) bond motifs is 1. The van der Waals surface area contributed by atoms with Crippen LogP contribution in [0.5, 0.6) is 0 Å². The van der Waals surface area contributed by atoms with Gasteiger partial charge in [0.05, 0.1) is 0 Å². The van der Waals surface area contributed by atoms with E-state index in [1.165, 1.54) is 11.8 Å². The fourth-order valence-electron chi connectivity index (χ4n) is 1.96. The van der Waals surface area contributed by atoms with Crippen LogP contribution in [0.3, 0.4) is 0 Å². The molecule has 3 rings (SSSR count). The van der Waals surface area contributed by atoms with Crippen LogP contribution in [0, 0.1) is 6.92 Å². The zero-order chi connectivity index (χ0) is 13.4. The number of nitrogens with zero attached hydrogens (tertiary/aromatic N) is 3. The first-order valence-corrected chi connectivity index (χ1v) is 5.78. The summed E-state index contributed by atoms with van der Waals surface area (Å²) in [7, 11) is 0. The van der Waals surface area contributed by atoms with E-state index in [0.717, 1.165) is 11.1 Å². The van der Waals surface area contributed by atoms with E-state index in [2.05, 4.69) is 9.97 Å². The van der Waals surface area contributed by atoms with Gasteiger partial charge in [0.25, 0.3) is 0 Å². The topological polar surface area (TPSA) is 67.5 Å². The molecule has 5 nitrogen and oxygen atoms in total. The van der Waals surface area contributed by atoms with Crippen LogP contribution in [-0.4, -0.2) is 25.4 Å². The van der Waals surface area contributed by atoms with Crippen molar-refractivity contribution in [2.45, 2.75) is 6.92 Å². The smallest absolute Gasteiger partial charge is 0.356 e. The molecule has 0 saturated carbocycles. The molecule has 0 saturated heterocycles. The summed E-state index contributed by atoms with van der Waals surface area (Å²) in [6.07, 6.45) is 4.70. The van der Waals surface area contributed by atoms with Crippen molar-refractivity contribution in [3.8, 4) is 11.1 Å². The Balaban J connectivity index is 2.23. The number of benzene rings is 1. The Morgan fingerprint density at radius 2 is 2.00 bits per heavy atom. The third-order valence-electron chi connectivity index (χ3n) is 2.95. The van der Waals surface area contributed by atoms with Crippen molar-refractivity contribution in [2.75, 3.05) is 0 Å². The summed E-state index contributed by atoms with van der Waals surface area (Å²) in [6, 6.07) is 7.95. The minimum Gasteiger partial charge on any atom is -0.476 e. The van der Waals surface area contributed by atoms with Gasteiger partial charge in [-0.05, 0) is 12.5 Å². The van der Waals surface area contributed by atoms with E-state index < -0.39 is 5.97 Å². The highest BCUT2D eigenvalue weighted by Crippen LogP contribution is 2.23. The molecule has 0 radical (unpaired) electrons. The maximum Gasteiger partial charge on any atom is 0.356 e. The predicted molar refractivity (Wildman–Crippen MR) is 70.1 cm³/mol. The molecule has 94 valence electrons. The summed E-state index contributed by atoms with van der Waals surface area (Å²) < 4.78 is 1.62. The molecule has 5 heteroatoms. The van der Waals surface area contributed by atoms with E-state index in [1.54, 1.807) is 16.9 Å². The quantitative estimate of drug-likeness (QED) is 0.761. The zero-order valence-corrected chi connectivity index (χ0v) is 10.2. The van der Waals surface area contributed by atoms with Gasteiger partial charge in [-0.1, -0.05) is 29.8 Å². The van der Waals surface area contributed by atoms with Gasteiger partial charge in [0.2, 0.25) is 0 Å². The van der Waals surface area contributed by atoms with Crippen LogP contribution in [0.15, 0.2) is 43.0 Å². The molecule has 1 aromatic carbocycles. The molecule has 19 heavy (non-hydrogen) atoms. The van der Waals surface area contributed by atoms with Gasteiger partial charge in [-0.25, -0.2) is 14.8 Å². The highest BCUT2D eigenvalue weighted by Gasteiger charge is 2.12. The largest absolute Gasteiger partial charge is 0.476 e. The van der Waals surface area contributed by atoms with Crippen molar-refractivity contribution in [2.24, 2.45) is 0 Å². The Morgan fingerprint density at radius 3 is 2.68 bits per heavy atom. The Bertz CT molecular complexity index is 760. The zero-order valence-electron chi connectivity index (χ0n) is 10.2. The van der Waals surface area contributed by atoms with Crippen molar-refractivity contribution in [3.63, 3.8) is 0 Å². The van der Waals surface area contributed by atoms with Crippen molar-refractivity contribution in [3.05, 3.63) is 54.2 Å². The van der Waals surface area contributed by atoms with Gasteiger partial charge in [-0.3, -0.25) is 4.40 Å². The Hall–Kier alpha value is -2.69. The summed E-state index contributed by atoms with van der Waals surface area (Å²) in [6.45, 7) is 2.01. The Labute approximate surface area is 109 Å². The molecule has 0 amide bonds. The number of aromatic carboxylic acids is 1.